The zero-order chi connectivity index (χ0) is 16.4. The molecule has 4 rings (SSSR count). The lowest BCUT2D eigenvalue weighted by atomic mass is 10.3. The number of hydrogen-bond donors (Lipinski definition) is 1. The van der Waals surface area contributed by atoms with E-state index in [2.05, 4.69) is 20.6 Å². The highest BCUT2D eigenvalue weighted by molar-refractivity contribution is 7.17. The quantitative estimate of drug-likeness (QED) is 0.785. The summed E-state index contributed by atoms with van der Waals surface area (Å²) in [5, 5.41) is 5.34. The maximum atomic E-state index is 5.45. The molecule has 0 saturated carbocycles. The average Bonchev–Trinajstić information content (AvgIpc) is 3.11. The van der Waals surface area contributed by atoms with E-state index in [-0.39, 0.29) is 0 Å². The maximum Gasteiger partial charge on any atom is 0.229 e. The molecule has 24 heavy (non-hydrogen) atoms. The van der Waals surface area contributed by atoms with E-state index in [0.29, 0.717) is 5.95 Å². The number of benzene rings is 1. The van der Waals surface area contributed by atoms with E-state index < -0.39 is 0 Å². The van der Waals surface area contributed by atoms with E-state index in [0.717, 1.165) is 53.8 Å². The van der Waals surface area contributed by atoms with E-state index in [1.807, 2.05) is 30.3 Å². The van der Waals surface area contributed by atoms with Gasteiger partial charge in [-0.25, -0.2) is 4.98 Å². The van der Waals surface area contributed by atoms with Crippen LogP contribution in [0.3, 0.4) is 0 Å². The topological polar surface area (TPSA) is 59.5 Å². The zero-order valence-electron chi connectivity index (χ0n) is 13.4. The molecular formula is C17H18N4O2S. The van der Waals surface area contributed by atoms with Gasteiger partial charge in [0.2, 0.25) is 5.95 Å². The summed E-state index contributed by atoms with van der Waals surface area (Å²) in [6, 6.07) is 9.76. The standard InChI is InChI=1S/C17H18N4O2S/c1-22-13-4-2-12(3-5-13)18-17-19-14-6-11-24-15(14)16(20-17)21-7-9-23-10-8-21/h2-6,11H,7-10H2,1H3,(H,18,19,20). The fourth-order valence-electron chi connectivity index (χ4n) is 2.70. The van der Waals surface area contributed by atoms with Crippen molar-refractivity contribution in [1.82, 2.24) is 9.97 Å². The largest absolute Gasteiger partial charge is 0.497 e. The predicted octanol–water partition coefficient (Wildman–Crippen LogP) is 3.28. The van der Waals surface area contributed by atoms with Crippen LogP contribution in [0.5, 0.6) is 5.75 Å². The highest BCUT2D eigenvalue weighted by Crippen LogP contribution is 2.31. The molecule has 1 aliphatic heterocycles. The fourth-order valence-corrected chi connectivity index (χ4v) is 3.54. The second-order valence-corrected chi connectivity index (χ2v) is 6.37. The Kier molecular flexibility index (Phi) is 4.18. The van der Waals surface area contributed by atoms with Gasteiger partial charge in [-0.3, -0.25) is 0 Å². The molecule has 0 unspecified atom stereocenters. The molecule has 2 aromatic heterocycles. The van der Waals surface area contributed by atoms with E-state index in [1.54, 1.807) is 18.4 Å². The van der Waals surface area contributed by atoms with E-state index in [4.69, 9.17) is 14.5 Å². The molecule has 1 N–H and O–H groups in total. The normalized spacial score (nSPS) is 14.8. The highest BCUT2D eigenvalue weighted by Gasteiger charge is 2.18. The molecule has 0 aliphatic carbocycles. The van der Waals surface area contributed by atoms with Crippen LogP contribution in [0.25, 0.3) is 10.2 Å². The molecule has 7 heteroatoms. The fraction of sp³-hybridized carbons (Fsp3) is 0.294. The lowest BCUT2D eigenvalue weighted by Crippen LogP contribution is -2.36. The summed E-state index contributed by atoms with van der Waals surface area (Å²) in [6.45, 7) is 3.17. The van der Waals surface area contributed by atoms with Crippen LogP contribution in [0.15, 0.2) is 35.7 Å². The van der Waals surface area contributed by atoms with Crippen molar-refractivity contribution in [1.29, 1.82) is 0 Å². The van der Waals surface area contributed by atoms with Crippen molar-refractivity contribution < 1.29 is 9.47 Å². The molecule has 0 atom stereocenters. The van der Waals surface area contributed by atoms with Crippen molar-refractivity contribution in [3.63, 3.8) is 0 Å². The maximum absolute atomic E-state index is 5.45. The summed E-state index contributed by atoms with van der Waals surface area (Å²) < 4.78 is 11.8. The van der Waals surface area contributed by atoms with Crippen molar-refractivity contribution >= 4 is 39.0 Å². The zero-order valence-corrected chi connectivity index (χ0v) is 14.2. The number of anilines is 3. The van der Waals surface area contributed by atoms with Gasteiger partial charge < -0.3 is 19.7 Å². The molecule has 6 nitrogen and oxygen atoms in total. The van der Waals surface area contributed by atoms with Gasteiger partial charge in [-0.15, -0.1) is 11.3 Å². The first-order valence-electron chi connectivity index (χ1n) is 7.82. The molecule has 3 aromatic rings. The molecule has 1 aromatic carbocycles. The SMILES string of the molecule is COc1ccc(Nc2nc(N3CCOCC3)c3sccc3n2)cc1. The van der Waals surface area contributed by atoms with Gasteiger partial charge in [0.25, 0.3) is 0 Å². The lowest BCUT2D eigenvalue weighted by Gasteiger charge is -2.28. The minimum atomic E-state index is 0.604. The van der Waals surface area contributed by atoms with E-state index in [1.165, 1.54) is 0 Å². The number of methoxy groups -OCH3 is 1. The van der Waals surface area contributed by atoms with Gasteiger partial charge in [0.1, 0.15) is 5.75 Å². The number of morpholine rings is 1. The van der Waals surface area contributed by atoms with Crippen LogP contribution in [-0.2, 0) is 4.74 Å². The highest BCUT2D eigenvalue weighted by atomic mass is 32.1. The molecule has 0 bridgehead atoms. The van der Waals surface area contributed by atoms with Crippen molar-refractivity contribution in [2.45, 2.75) is 0 Å². The van der Waals surface area contributed by atoms with Gasteiger partial charge in [0.15, 0.2) is 5.82 Å². The average molecular weight is 342 g/mol. The van der Waals surface area contributed by atoms with Crippen LogP contribution < -0.4 is 15.0 Å². The molecule has 3 heterocycles. The van der Waals surface area contributed by atoms with Gasteiger partial charge in [-0.05, 0) is 35.7 Å². The number of aromatic nitrogens is 2. The Labute approximate surface area is 144 Å². The first kappa shape index (κ1) is 15.2. The number of nitrogens with zero attached hydrogens (tertiary/aromatic N) is 3. The van der Waals surface area contributed by atoms with Crippen LogP contribution in [0, 0.1) is 0 Å². The molecule has 124 valence electrons. The lowest BCUT2D eigenvalue weighted by molar-refractivity contribution is 0.122. The van der Waals surface area contributed by atoms with Gasteiger partial charge in [-0.2, -0.15) is 4.98 Å². The monoisotopic (exact) mass is 342 g/mol. The van der Waals surface area contributed by atoms with Crippen LogP contribution in [0.1, 0.15) is 0 Å². The van der Waals surface area contributed by atoms with Crippen molar-refractivity contribution in [3.05, 3.63) is 35.7 Å². The number of nitrogens with one attached hydrogen (secondary N) is 1. The molecule has 0 spiro atoms. The molecule has 1 aliphatic rings. The Hall–Kier alpha value is -2.38. The Morgan fingerprint density at radius 3 is 2.67 bits per heavy atom. The smallest absolute Gasteiger partial charge is 0.229 e. The van der Waals surface area contributed by atoms with Gasteiger partial charge in [0, 0.05) is 18.8 Å². The number of fused-ring (bicyclic) bond motifs is 1. The van der Waals surface area contributed by atoms with Gasteiger partial charge in [0.05, 0.1) is 30.5 Å². The van der Waals surface area contributed by atoms with E-state index in [9.17, 15) is 0 Å². The van der Waals surface area contributed by atoms with Crippen molar-refractivity contribution in [2.24, 2.45) is 0 Å². The Bertz CT molecular complexity index is 828. The summed E-state index contributed by atoms with van der Waals surface area (Å²) in [6.07, 6.45) is 0. The number of hydrogen-bond acceptors (Lipinski definition) is 7. The molecule has 0 radical (unpaired) electrons. The Morgan fingerprint density at radius 1 is 1.12 bits per heavy atom. The van der Waals surface area contributed by atoms with Crippen molar-refractivity contribution in [2.75, 3.05) is 43.6 Å². The third-order valence-corrected chi connectivity index (χ3v) is 4.84. The van der Waals surface area contributed by atoms with Crippen LogP contribution in [-0.4, -0.2) is 43.4 Å². The third kappa shape index (κ3) is 3.00. The van der Waals surface area contributed by atoms with Crippen molar-refractivity contribution in [3.8, 4) is 5.75 Å². The van der Waals surface area contributed by atoms with Gasteiger partial charge >= 0.3 is 0 Å². The first-order valence-corrected chi connectivity index (χ1v) is 8.70. The second-order valence-electron chi connectivity index (χ2n) is 5.46. The molecular weight excluding hydrogens is 324 g/mol. The summed E-state index contributed by atoms with van der Waals surface area (Å²) >= 11 is 1.68. The second kappa shape index (κ2) is 6.62. The summed E-state index contributed by atoms with van der Waals surface area (Å²) in [4.78, 5) is 11.7. The van der Waals surface area contributed by atoms with Crippen LogP contribution in [0.2, 0.25) is 0 Å². The molecule has 1 saturated heterocycles. The molecule has 0 amide bonds. The summed E-state index contributed by atoms with van der Waals surface area (Å²) in [5.74, 6) is 2.41. The number of thiophene rings is 1. The number of rotatable bonds is 4. The minimum Gasteiger partial charge on any atom is -0.497 e. The first-order chi connectivity index (χ1) is 11.8. The Balaban J connectivity index is 1.67. The predicted molar refractivity (Wildman–Crippen MR) is 96.7 cm³/mol. The van der Waals surface area contributed by atoms with Gasteiger partial charge in [-0.1, -0.05) is 0 Å². The summed E-state index contributed by atoms with van der Waals surface area (Å²) in [7, 11) is 1.66. The third-order valence-electron chi connectivity index (χ3n) is 3.94. The van der Waals surface area contributed by atoms with Crippen LogP contribution in [0.4, 0.5) is 17.5 Å². The van der Waals surface area contributed by atoms with Crippen LogP contribution >= 0.6 is 11.3 Å². The minimum absolute atomic E-state index is 0.604. The molecule has 1 fully saturated rings. The summed E-state index contributed by atoms with van der Waals surface area (Å²) in [5.41, 5.74) is 1.89. The Morgan fingerprint density at radius 2 is 1.92 bits per heavy atom. The van der Waals surface area contributed by atoms with E-state index >= 15 is 0 Å². The number of ether oxygens (including phenoxy) is 2.